The Labute approximate surface area is 351 Å². The number of benzene rings is 3. The second kappa shape index (κ2) is 18.3. The molecule has 2 heterocycles. The van der Waals surface area contributed by atoms with E-state index in [0.717, 1.165) is 54.9 Å². The molecule has 59 heavy (non-hydrogen) atoms. The predicted octanol–water partition coefficient (Wildman–Crippen LogP) is 5.92. The van der Waals surface area contributed by atoms with Gasteiger partial charge in [-0.3, -0.25) is 14.4 Å². The number of nitrogens with one attached hydrogen (secondary N) is 2. The molecule has 3 aliphatic carbocycles. The fourth-order valence-corrected chi connectivity index (χ4v) is 10.7. The molecule has 3 aromatic carbocycles. The number of hydrogen-bond acceptors (Lipinski definition) is 9. The van der Waals surface area contributed by atoms with Gasteiger partial charge in [-0.15, -0.1) is 0 Å². The molecule has 8 rings (SSSR count). The second-order valence-corrected chi connectivity index (χ2v) is 18.5. The lowest BCUT2D eigenvalue weighted by atomic mass is 9.45. The molecular formula is C48H67N5O6. The molecule has 5 fully saturated rings. The normalized spacial score (nSPS) is 27.4. The van der Waals surface area contributed by atoms with E-state index in [9.17, 15) is 19.8 Å². The van der Waals surface area contributed by atoms with Gasteiger partial charge in [0.25, 0.3) is 5.91 Å². The van der Waals surface area contributed by atoms with Crippen LogP contribution in [0, 0.1) is 29.1 Å². The van der Waals surface area contributed by atoms with Crippen LogP contribution >= 0.6 is 0 Å². The first kappa shape index (κ1) is 43.1. The Hall–Kier alpha value is -4.00. The van der Waals surface area contributed by atoms with Gasteiger partial charge in [0.1, 0.15) is 17.9 Å². The average Bonchev–Trinajstić information content (AvgIpc) is 3.87. The molecule has 0 aromatic heterocycles. The van der Waals surface area contributed by atoms with Crippen molar-refractivity contribution in [3.63, 3.8) is 0 Å². The van der Waals surface area contributed by atoms with Crippen molar-refractivity contribution in [3.05, 3.63) is 83.4 Å². The van der Waals surface area contributed by atoms with Crippen molar-refractivity contribution in [3.8, 4) is 16.9 Å². The molecule has 3 aromatic rings. The highest BCUT2D eigenvalue weighted by Gasteiger charge is 2.57. The maximum absolute atomic E-state index is 14.4. The Kier molecular flexibility index (Phi) is 13.4. The van der Waals surface area contributed by atoms with E-state index in [4.69, 9.17) is 9.57 Å². The number of hydrogen-bond donors (Lipinski definition) is 4. The summed E-state index contributed by atoms with van der Waals surface area (Å²) in [4.78, 5) is 39.5. The fraction of sp³-hybridized carbons (Fsp3) is 0.583. The number of nitrogens with zero attached hydrogens (tertiary/aromatic N) is 3. The first-order valence-corrected chi connectivity index (χ1v) is 22.0. The van der Waals surface area contributed by atoms with Crippen molar-refractivity contribution in [2.24, 2.45) is 29.1 Å². The van der Waals surface area contributed by atoms with Crippen molar-refractivity contribution >= 4 is 17.5 Å². The summed E-state index contributed by atoms with van der Waals surface area (Å²) in [5, 5.41) is 29.9. The number of ether oxygens (including phenoxy) is 1. The van der Waals surface area contributed by atoms with Crippen LogP contribution in [-0.4, -0.2) is 109 Å². The monoisotopic (exact) mass is 810 g/mol. The summed E-state index contributed by atoms with van der Waals surface area (Å²) in [5.74, 6) is 1.12. The molecular weight excluding hydrogens is 743 g/mol. The maximum Gasteiger partial charge on any atom is 0.251 e. The van der Waals surface area contributed by atoms with E-state index >= 15 is 0 Å². The second-order valence-electron chi connectivity index (χ2n) is 18.5. The SMILES string of the molecule is CCOc1c(CN2O[C@@H](CO)C([C@H](C)O)[C@H]2C(=O)N[C@H]2C[C@@H]3C[C@H]([C@@H]2C)C3(C)C)cccc1-c1cc(C(=O)N[C@@H](Cc2ccccc2)CN2CCCC2)cc(N(C)C)c1. The molecule has 1 unspecified atom stereocenters. The van der Waals surface area contributed by atoms with Gasteiger partial charge in [-0.05, 0) is 112 Å². The van der Waals surface area contributed by atoms with Crippen LogP contribution in [0.1, 0.15) is 81.8 Å². The number of carbonyl (C=O) groups excluding carboxylic acids is 2. The minimum atomic E-state index is -0.900. The lowest BCUT2D eigenvalue weighted by Gasteiger charge is -2.62. The Morgan fingerprint density at radius 1 is 1.03 bits per heavy atom. The molecule has 0 radical (unpaired) electrons. The Morgan fingerprint density at radius 3 is 2.42 bits per heavy atom. The van der Waals surface area contributed by atoms with E-state index in [2.05, 4.69) is 54.5 Å². The fourth-order valence-electron chi connectivity index (χ4n) is 10.7. The first-order chi connectivity index (χ1) is 28.3. The van der Waals surface area contributed by atoms with Crippen LogP contribution in [0.5, 0.6) is 5.75 Å². The molecule has 4 N–H and O–H groups in total. The minimum absolute atomic E-state index is 0.0375. The van der Waals surface area contributed by atoms with Crippen molar-refractivity contribution in [2.45, 2.75) is 104 Å². The van der Waals surface area contributed by atoms with E-state index in [1.807, 2.05) is 74.4 Å². The van der Waals surface area contributed by atoms with Crippen molar-refractivity contribution < 1.29 is 29.4 Å². The van der Waals surface area contributed by atoms with Crippen LogP contribution in [0.25, 0.3) is 11.1 Å². The van der Waals surface area contributed by atoms with Crippen LogP contribution in [0.3, 0.4) is 0 Å². The Morgan fingerprint density at radius 2 is 1.78 bits per heavy atom. The van der Waals surface area contributed by atoms with Crippen LogP contribution in [0.2, 0.25) is 0 Å². The number of fused-ring (bicyclic) bond motifs is 2. The van der Waals surface area contributed by atoms with Gasteiger partial charge in [0, 0.05) is 61.0 Å². The van der Waals surface area contributed by atoms with E-state index in [1.54, 1.807) is 12.0 Å². The van der Waals surface area contributed by atoms with Crippen LogP contribution in [0.4, 0.5) is 5.69 Å². The number of rotatable bonds is 16. The quantitative estimate of drug-likeness (QED) is 0.140. The third-order valence-corrected chi connectivity index (χ3v) is 14.1. The number of amides is 2. The smallest absolute Gasteiger partial charge is 0.251 e. The molecule has 9 atom stereocenters. The minimum Gasteiger partial charge on any atom is -0.493 e. The molecule has 5 aliphatic rings. The molecule has 2 bridgehead atoms. The van der Waals surface area contributed by atoms with Gasteiger partial charge in [0.2, 0.25) is 5.91 Å². The van der Waals surface area contributed by atoms with Crippen molar-refractivity contribution in [2.75, 3.05) is 51.8 Å². The molecule has 0 spiro atoms. The number of para-hydroxylation sites is 1. The van der Waals surface area contributed by atoms with E-state index < -0.39 is 24.2 Å². The average molecular weight is 810 g/mol. The molecule has 3 saturated carbocycles. The third-order valence-electron chi connectivity index (χ3n) is 14.1. The Balaban J connectivity index is 1.17. The van der Waals surface area contributed by atoms with Gasteiger partial charge in [-0.2, -0.15) is 5.06 Å². The van der Waals surface area contributed by atoms with Gasteiger partial charge >= 0.3 is 0 Å². The molecule has 320 valence electrons. The zero-order valence-corrected chi connectivity index (χ0v) is 36.2. The number of carbonyl (C=O) groups is 2. The highest BCUT2D eigenvalue weighted by molar-refractivity contribution is 5.97. The van der Waals surface area contributed by atoms with Crippen molar-refractivity contribution in [1.29, 1.82) is 0 Å². The summed E-state index contributed by atoms with van der Waals surface area (Å²) in [5.41, 5.74) is 5.32. The Bertz CT molecular complexity index is 1910. The highest BCUT2D eigenvalue weighted by atomic mass is 16.7. The van der Waals surface area contributed by atoms with Gasteiger partial charge in [-0.1, -0.05) is 69.3 Å². The zero-order valence-electron chi connectivity index (χ0n) is 36.2. The number of anilines is 1. The largest absolute Gasteiger partial charge is 0.493 e. The summed E-state index contributed by atoms with van der Waals surface area (Å²) in [6, 6.07) is 21.3. The maximum atomic E-state index is 14.4. The van der Waals surface area contributed by atoms with Gasteiger partial charge in [-0.25, -0.2) is 0 Å². The molecule has 2 saturated heterocycles. The number of aliphatic hydroxyl groups is 2. The number of hydroxylamine groups is 2. The summed E-state index contributed by atoms with van der Waals surface area (Å²) < 4.78 is 6.43. The molecule has 11 nitrogen and oxygen atoms in total. The number of likely N-dealkylation sites (tertiary alicyclic amines) is 1. The summed E-state index contributed by atoms with van der Waals surface area (Å²) in [7, 11) is 3.94. The highest BCUT2D eigenvalue weighted by Crippen LogP contribution is 2.61. The number of aliphatic hydroxyl groups excluding tert-OH is 2. The lowest BCUT2D eigenvalue weighted by Crippen LogP contribution is -2.62. The predicted molar refractivity (Wildman–Crippen MR) is 232 cm³/mol. The van der Waals surface area contributed by atoms with Crippen LogP contribution in [-0.2, 0) is 22.6 Å². The summed E-state index contributed by atoms with van der Waals surface area (Å²) in [6.45, 7) is 13.7. The van der Waals surface area contributed by atoms with Gasteiger partial charge < -0.3 is 35.4 Å². The third kappa shape index (κ3) is 9.20. The van der Waals surface area contributed by atoms with Crippen LogP contribution in [0.15, 0.2) is 66.7 Å². The van der Waals surface area contributed by atoms with E-state index in [1.165, 1.54) is 24.8 Å². The molecule has 2 amide bonds. The van der Waals surface area contributed by atoms with Gasteiger partial charge in [0.15, 0.2) is 0 Å². The first-order valence-electron chi connectivity index (χ1n) is 22.0. The molecule has 11 heteroatoms. The van der Waals surface area contributed by atoms with Crippen molar-refractivity contribution in [1.82, 2.24) is 20.6 Å². The lowest BCUT2D eigenvalue weighted by molar-refractivity contribution is -0.183. The molecule has 2 aliphatic heterocycles. The van der Waals surface area contributed by atoms with Crippen LogP contribution < -0.4 is 20.3 Å². The van der Waals surface area contributed by atoms with E-state index in [0.29, 0.717) is 35.7 Å². The standard InChI is InChI=1S/C48H67N5O6/c1-8-58-45-33(27-53-44(43(31(3)55)42(29-54)59-53)47(57)50-41-26-36-25-40(30(41)2)48(36,4)5)17-14-18-39(45)34-22-35(24-38(23-34)51(6)7)46(56)49-37(28-52-19-12-13-20-52)21-32-15-10-9-11-16-32/h9-11,14-18,22-24,30-31,36-37,40-44,54-55H,8,12-13,19-21,25-29H2,1-7H3,(H,49,56)(H,50,57)/t30-,31-,36-,37-,40+,41-,42-,43?,44-/m0/s1. The van der Waals surface area contributed by atoms with Gasteiger partial charge in [0.05, 0.1) is 25.9 Å². The summed E-state index contributed by atoms with van der Waals surface area (Å²) >= 11 is 0. The summed E-state index contributed by atoms with van der Waals surface area (Å²) in [6.07, 6.45) is 3.58. The van der Waals surface area contributed by atoms with E-state index in [-0.39, 0.29) is 42.5 Å². The zero-order chi connectivity index (χ0) is 42.0. The topological polar surface area (TPSA) is 127 Å².